The normalized spacial score (nSPS) is 10.9. The van der Waals surface area contributed by atoms with Gasteiger partial charge in [-0.2, -0.15) is 0 Å². The van der Waals surface area contributed by atoms with Gasteiger partial charge in [-0.25, -0.2) is 9.37 Å². The fraction of sp³-hybridized carbons (Fsp3) is 0.176. The van der Waals surface area contributed by atoms with Crippen LogP contribution >= 0.6 is 57.6 Å². The van der Waals surface area contributed by atoms with Gasteiger partial charge in [0.05, 0.1) is 10.0 Å². The first-order valence-corrected chi connectivity index (χ1v) is 11.0. The fourth-order valence-electron chi connectivity index (χ4n) is 2.11. The fourth-order valence-corrected chi connectivity index (χ4v) is 5.17. The Labute approximate surface area is 172 Å². The van der Waals surface area contributed by atoms with E-state index >= 15 is 0 Å². The number of thiazole rings is 1. The molecule has 1 aromatic carbocycles. The summed E-state index contributed by atoms with van der Waals surface area (Å²) >= 11 is 16.3. The highest BCUT2D eigenvalue weighted by Gasteiger charge is 2.13. The molecule has 0 unspecified atom stereocenters. The summed E-state index contributed by atoms with van der Waals surface area (Å²) in [5, 5.41) is 5.18. The average Bonchev–Trinajstić information content (AvgIpc) is 3.19. The van der Waals surface area contributed by atoms with Crippen LogP contribution in [-0.4, -0.2) is 16.6 Å². The maximum atomic E-state index is 12.8. The number of carbonyl (C=O) groups excluding carboxylic acids is 1. The van der Waals surface area contributed by atoms with Crippen molar-refractivity contribution >= 4 is 68.7 Å². The third kappa shape index (κ3) is 5.44. The van der Waals surface area contributed by atoms with E-state index in [-0.39, 0.29) is 11.7 Å². The molecule has 0 aliphatic carbocycles. The first-order chi connectivity index (χ1) is 12.5. The Bertz CT molecular complexity index is 896. The number of hydrogen-bond donors (Lipinski definition) is 1. The van der Waals surface area contributed by atoms with Crippen molar-refractivity contribution in [1.82, 2.24) is 4.98 Å². The van der Waals surface area contributed by atoms with E-state index in [1.54, 1.807) is 30.0 Å². The second-order valence-corrected chi connectivity index (χ2v) is 9.54. The number of anilines is 1. The SMILES string of the molecule is O=C(CCCSc1ccc(F)cc1)Nc1nc(-c2cc(Cl)sc2Cl)cs1. The van der Waals surface area contributed by atoms with E-state index in [1.165, 1.54) is 34.8 Å². The van der Waals surface area contributed by atoms with Crippen LogP contribution in [0.4, 0.5) is 9.52 Å². The van der Waals surface area contributed by atoms with E-state index in [4.69, 9.17) is 23.2 Å². The summed E-state index contributed by atoms with van der Waals surface area (Å²) < 4.78 is 14.0. The molecule has 0 spiro atoms. The number of rotatable bonds is 7. The number of hydrogen-bond acceptors (Lipinski definition) is 5. The third-order valence-electron chi connectivity index (χ3n) is 3.31. The van der Waals surface area contributed by atoms with Crippen LogP contribution in [0.3, 0.4) is 0 Å². The Balaban J connectivity index is 1.45. The summed E-state index contributed by atoms with van der Waals surface area (Å²) in [6.07, 6.45) is 1.12. The molecule has 0 saturated carbocycles. The highest BCUT2D eigenvalue weighted by atomic mass is 35.5. The average molecular weight is 447 g/mol. The van der Waals surface area contributed by atoms with E-state index in [9.17, 15) is 9.18 Å². The van der Waals surface area contributed by atoms with Gasteiger partial charge in [0.25, 0.3) is 0 Å². The van der Waals surface area contributed by atoms with Crippen molar-refractivity contribution in [2.45, 2.75) is 17.7 Å². The molecule has 26 heavy (non-hydrogen) atoms. The Morgan fingerprint density at radius 2 is 2.04 bits per heavy atom. The van der Waals surface area contributed by atoms with Gasteiger partial charge < -0.3 is 5.32 Å². The number of nitrogens with zero attached hydrogens (tertiary/aromatic N) is 1. The van der Waals surface area contributed by atoms with Crippen LogP contribution in [0.25, 0.3) is 11.3 Å². The van der Waals surface area contributed by atoms with E-state index in [1.807, 2.05) is 5.38 Å². The zero-order valence-corrected chi connectivity index (χ0v) is 17.3. The van der Waals surface area contributed by atoms with Crippen LogP contribution in [0.5, 0.6) is 0 Å². The Morgan fingerprint density at radius 1 is 1.27 bits per heavy atom. The molecule has 136 valence electrons. The van der Waals surface area contributed by atoms with E-state index < -0.39 is 0 Å². The van der Waals surface area contributed by atoms with Gasteiger partial charge in [0.2, 0.25) is 5.91 Å². The molecule has 0 aliphatic rings. The minimum Gasteiger partial charge on any atom is -0.302 e. The summed E-state index contributed by atoms with van der Waals surface area (Å²) in [5.41, 5.74) is 1.47. The van der Waals surface area contributed by atoms with Gasteiger partial charge in [0, 0.05) is 22.3 Å². The summed E-state index contributed by atoms with van der Waals surface area (Å²) in [4.78, 5) is 17.4. The van der Waals surface area contributed by atoms with Crippen molar-refractivity contribution in [2.75, 3.05) is 11.1 Å². The molecular formula is C17H13Cl2FN2OS3. The summed E-state index contributed by atoms with van der Waals surface area (Å²) in [5.74, 6) is 0.452. The van der Waals surface area contributed by atoms with Crippen molar-refractivity contribution in [2.24, 2.45) is 0 Å². The first-order valence-electron chi connectivity index (χ1n) is 7.60. The maximum Gasteiger partial charge on any atom is 0.226 e. The molecule has 0 aliphatic heterocycles. The van der Waals surface area contributed by atoms with Crippen molar-refractivity contribution < 1.29 is 9.18 Å². The topological polar surface area (TPSA) is 42.0 Å². The quantitative estimate of drug-likeness (QED) is 0.319. The predicted molar refractivity (Wildman–Crippen MR) is 110 cm³/mol. The lowest BCUT2D eigenvalue weighted by atomic mass is 10.3. The third-order valence-corrected chi connectivity index (χ3v) is 6.66. The second kappa shape index (κ2) is 9.19. The van der Waals surface area contributed by atoms with Gasteiger partial charge in [-0.1, -0.05) is 23.2 Å². The van der Waals surface area contributed by atoms with Crippen molar-refractivity contribution in [3.8, 4) is 11.3 Å². The highest BCUT2D eigenvalue weighted by Crippen LogP contribution is 2.39. The molecule has 1 N–H and O–H groups in total. The molecule has 3 rings (SSSR count). The molecule has 2 aromatic heterocycles. The van der Waals surface area contributed by atoms with Gasteiger partial charge in [-0.15, -0.1) is 34.4 Å². The lowest BCUT2D eigenvalue weighted by Gasteiger charge is -2.03. The lowest BCUT2D eigenvalue weighted by Crippen LogP contribution is -2.11. The zero-order chi connectivity index (χ0) is 18.5. The van der Waals surface area contributed by atoms with Crippen molar-refractivity contribution in [1.29, 1.82) is 0 Å². The predicted octanol–water partition coefficient (Wildman–Crippen LogP) is 6.83. The summed E-state index contributed by atoms with van der Waals surface area (Å²) in [6.45, 7) is 0. The second-order valence-electron chi connectivity index (χ2n) is 5.23. The number of thioether (sulfide) groups is 1. The first kappa shape index (κ1) is 19.6. The van der Waals surface area contributed by atoms with Crippen LogP contribution in [-0.2, 0) is 4.79 Å². The van der Waals surface area contributed by atoms with Crippen LogP contribution in [0.1, 0.15) is 12.8 Å². The molecule has 0 fully saturated rings. The highest BCUT2D eigenvalue weighted by molar-refractivity contribution is 7.99. The molecule has 0 saturated heterocycles. The van der Waals surface area contributed by atoms with E-state index in [0.29, 0.717) is 25.9 Å². The summed E-state index contributed by atoms with van der Waals surface area (Å²) in [6, 6.07) is 8.10. The van der Waals surface area contributed by atoms with Crippen LogP contribution < -0.4 is 5.32 Å². The van der Waals surface area contributed by atoms with Crippen LogP contribution in [0.15, 0.2) is 40.6 Å². The summed E-state index contributed by atoms with van der Waals surface area (Å²) in [7, 11) is 0. The number of benzene rings is 1. The van der Waals surface area contributed by atoms with Gasteiger partial charge >= 0.3 is 0 Å². The smallest absolute Gasteiger partial charge is 0.226 e. The minimum absolute atomic E-state index is 0.0833. The van der Waals surface area contributed by atoms with Gasteiger partial charge in [0.1, 0.15) is 10.2 Å². The number of halogens is 3. The van der Waals surface area contributed by atoms with Gasteiger partial charge in [-0.05, 0) is 42.5 Å². The van der Waals surface area contributed by atoms with E-state index in [0.717, 1.165) is 22.6 Å². The molecule has 9 heteroatoms. The van der Waals surface area contributed by atoms with E-state index in [2.05, 4.69) is 10.3 Å². The van der Waals surface area contributed by atoms with Gasteiger partial charge in [0.15, 0.2) is 5.13 Å². The zero-order valence-electron chi connectivity index (χ0n) is 13.3. The van der Waals surface area contributed by atoms with Crippen molar-refractivity contribution in [3.63, 3.8) is 0 Å². The molecular weight excluding hydrogens is 434 g/mol. The number of nitrogens with one attached hydrogen (secondary N) is 1. The maximum absolute atomic E-state index is 12.8. The Morgan fingerprint density at radius 3 is 2.73 bits per heavy atom. The molecule has 2 heterocycles. The van der Waals surface area contributed by atoms with Crippen molar-refractivity contribution in [3.05, 3.63) is 50.2 Å². The number of carbonyl (C=O) groups is 1. The number of aromatic nitrogens is 1. The molecule has 3 aromatic rings. The van der Waals surface area contributed by atoms with Gasteiger partial charge in [-0.3, -0.25) is 4.79 Å². The Kier molecular flexibility index (Phi) is 6.94. The Hall–Kier alpha value is -1.12. The monoisotopic (exact) mass is 446 g/mol. The molecule has 0 bridgehead atoms. The standard InChI is InChI=1S/C17H13Cl2FN2OS3/c18-14-8-12(16(19)26-14)13-9-25-17(21-13)22-15(23)2-1-7-24-11-5-3-10(20)4-6-11/h3-6,8-9H,1-2,7H2,(H,21,22,23). The molecule has 0 radical (unpaired) electrons. The van der Waals surface area contributed by atoms with Crippen LogP contribution in [0, 0.1) is 5.82 Å². The molecule has 1 amide bonds. The molecule has 0 atom stereocenters. The molecule has 3 nitrogen and oxygen atoms in total. The largest absolute Gasteiger partial charge is 0.302 e. The minimum atomic E-state index is -0.248. The number of amides is 1. The lowest BCUT2D eigenvalue weighted by molar-refractivity contribution is -0.116. The van der Waals surface area contributed by atoms with Crippen LogP contribution in [0.2, 0.25) is 8.67 Å². The number of thiophene rings is 1.